The van der Waals surface area contributed by atoms with Gasteiger partial charge in [-0.25, -0.2) is 4.98 Å². The number of aromatic nitrogens is 2. The SMILES string of the molecule is O=[N+]([O-])c1c(NCc2ccccc2)cc(C(F)(F)F)nc1Cl.O=c1[nH]c(C(F)(F)F)cc(NCc2ccccc2)c1[N+](=O)[O-]. The Hall–Kier alpha value is -5.19. The lowest BCUT2D eigenvalue weighted by Crippen LogP contribution is -2.21. The van der Waals surface area contributed by atoms with Gasteiger partial charge in [0, 0.05) is 13.1 Å². The van der Waals surface area contributed by atoms with Gasteiger partial charge in [-0.1, -0.05) is 72.3 Å². The summed E-state index contributed by atoms with van der Waals surface area (Å²) in [5, 5.41) is 26.1. The molecule has 0 atom stereocenters. The third-order valence-corrected chi connectivity index (χ3v) is 5.83. The second-order valence-corrected chi connectivity index (χ2v) is 9.01. The van der Waals surface area contributed by atoms with Gasteiger partial charge in [0.15, 0.2) is 0 Å². The second-order valence-electron chi connectivity index (χ2n) is 8.66. The first kappa shape index (κ1) is 33.3. The monoisotopic (exact) mass is 644 g/mol. The highest BCUT2D eigenvalue weighted by molar-refractivity contribution is 6.32. The first-order valence-electron chi connectivity index (χ1n) is 12.0. The van der Waals surface area contributed by atoms with E-state index in [1.165, 1.54) is 4.98 Å². The maximum Gasteiger partial charge on any atom is 0.433 e. The molecule has 3 N–H and O–H groups in total. The molecular weight excluding hydrogens is 626 g/mol. The molecule has 0 amide bonds. The number of pyridine rings is 2. The van der Waals surface area contributed by atoms with E-state index in [1.54, 1.807) is 60.7 Å². The van der Waals surface area contributed by atoms with Crippen LogP contribution in [0.3, 0.4) is 0 Å². The molecule has 2 aromatic carbocycles. The Bertz CT molecular complexity index is 1690. The molecule has 0 spiro atoms. The molecule has 18 heteroatoms. The van der Waals surface area contributed by atoms with Crippen LogP contribution in [0.5, 0.6) is 0 Å². The summed E-state index contributed by atoms with van der Waals surface area (Å²) in [6.45, 7) is 0.155. The predicted octanol–water partition coefficient (Wildman–Crippen LogP) is 7.19. The molecule has 11 nitrogen and oxygen atoms in total. The van der Waals surface area contributed by atoms with E-state index in [9.17, 15) is 51.4 Å². The van der Waals surface area contributed by atoms with Gasteiger partial charge in [0.1, 0.15) is 22.8 Å². The van der Waals surface area contributed by atoms with Gasteiger partial charge in [-0.3, -0.25) is 25.0 Å². The van der Waals surface area contributed by atoms with Crippen molar-refractivity contribution in [3.05, 3.63) is 131 Å². The molecule has 44 heavy (non-hydrogen) atoms. The minimum atomic E-state index is -4.81. The van der Waals surface area contributed by atoms with Crippen molar-refractivity contribution in [3.63, 3.8) is 0 Å². The number of benzene rings is 2. The molecule has 0 unspecified atom stereocenters. The molecule has 4 rings (SSSR count). The van der Waals surface area contributed by atoms with Crippen molar-refractivity contribution >= 4 is 34.4 Å². The van der Waals surface area contributed by atoms with Crippen LogP contribution in [-0.2, 0) is 25.4 Å². The second kappa shape index (κ2) is 13.9. The minimum Gasteiger partial charge on any atom is -0.375 e. The van der Waals surface area contributed by atoms with Crippen LogP contribution >= 0.6 is 11.6 Å². The van der Waals surface area contributed by atoms with Crippen molar-refractivity contribution in [3.8, 4) is 0 Å². The Morgan fingerprint density at radius 2 is 1.20 bits per heavy atom. The number of rotatable bonds is 8. The third kappa shape index (κ3) is 8.90. The normalized spacial score (nSPS) is 11.2. The number of nitrogens with one attached hydrogen (secondary N) is 3. The van der Waals surface area contributed by atoms with Gasteiger partial charge < -0.3 is 15.6 Å². The molecule has 0 bridgehead atoms. The Morgan fingerprint density at radius 1 is 0.750 bits per heavy atom. The molecule has 0 saturated carbocycles. The van der Waals surface area contributed by atoms with E-state index >= 15 is 0 Å². The van der Waals surface area contributed by atoms with E-state index in [4.69, 9.17) is 11.6 Å². The van der Waals surface area contributed by atoms with E-state index in [0.29, 0.717) is 17.7 Å². The molecule has 0 aliphatic carbocycles. The van der Waals surface area contributed by atoms with Crippen molar-refractivity contribution in [2.45, 2.75) is 25.4 Å². The summed E-state index contributed by atoms with van der Waals surface area (Å²) in [4.78, 5) is 36.0. The van der Waals surface area contributed by atoms with Gasteiger partial charge in [-0.15, -0.1) is 0 Å². The van der Waals surface area contributed by atoms with Crippen LogP contribution in [0.1, 0.15) is 22.5 Å². The molecule has 0 radical (unpaired) electrons. The van der Waals surface area contributed by atoms with Crippen LogP contribution in [-0.4, -0.2) is 19.8 Å². The zero-order valence-electron chi connectivity index (χ0n) is 21.9. The van der Waals surface area contributed by atoms with Crippen molar-refractivity contribution in [2.75, 3.05) is 10.6 Å². The van der Waals surface area contributed by atoms with Gasteiger partial charge in [0.25, 0.3) is 0 Å². The van der Waals surface area contributed by atoms with E-state index in [0.717, 1.165) is 5.56 Å². The average molecular weight is 645 g/mol. The largest absolute Gasteiger partial charge is 0.433 e. The molecule has 0 fully saturated rings. The summed E-state index contributed by atoms with van der Waals surface area (Å²) < 4.78 is 76.2. The fourth-order valence-electron chi connectivity index (χ4n) is 3.57. The lowest BCUT2D eigenvalue weighted by molar-refractivity contribution is -0.385. The lowest BCUT2D eigenvalue weighted by atomic mass is 10.2. The minimum absolute atomic E-state index is 0.0441. The van der Waals surface area contributed by atoms with Crippen LogP contribution in [0.25, 0.3) is 0 Å². The van der Waals surface area contributed by atoms with Crippen LogP contribution in [0, 0.1) is 20.2 Å². The van der Waals surface area contributed by atoms with Gasteiger partial charge in [0.2, 0.25) is 5.15 Å². The van der Waals surface area contributed by atoms with E-state index < -0.39 is 61.4 Å². The molecule has 232 valence electrons. The van der Waals surface area contributed by atoms with Crippen molar-refractivity contribution < 1.29 is 36.2 Å². The van der Waals surface area contributed by atoms with Crippen LogP contribution < -0.4 is 16.2 Å². The Labute approximate surface area is 247 Å². The average Bonchev–Trinajstić information content (AvgIpc) is 2.94. The number of H-pyrrole nitrogens is 1. The lowest BCUT2D eigenvalue weighted by Gasteiger charge is -2.11. The molecule has 4 aromatic rings. The standard InChI is InChI=1S/C13H9ClF3N3O2.C13H10F3N3O3/c14-12-11(20(21)22)9(6-10(19-12)13(15,16)17)18-7-8-4-2-1-3-5-8;14-13(15,16)10-6-9(11(19(21)22)12(20)18-10)17-7-8-4-2-1-3-5-8/h1-6H,7H2,(H,18,19);1-6H,7H2,(H2,17,18,20). The maximum atomic E-state index is 12.7. The Kier molecular flexibility index (Phi) is 10.5. The summed E-state index contributed by atoms with van der Waals surface area (Å²) in [6.07, 6.45) is -9.56. The number of nitrogens with zero attached hydrogens (tertiary/aromatic N) is 3. The zero-order chi connectivity index (χ0) is 32.7. The van der Waals surface area contributed by atoms with Crippen molar-refractivity contribution in [1.82, 2.24) is 9.97 Å². The summed E-state index contributed by atoms with van der Waals surface area (Å²) in [7, 11) is 0. The van der Waals surface area contributed by atoms with Crippen molar-refractivity contribution in [2.24, 2.45) is 0 Å². The summed E-state index contributed by atoms with van der Waals surface area (Å²) >= 11 is 5.52. The topological polar surface area (TPSA) is 156 Å². The maximum absolute atomic E-state index is 12.7. The fraction of sp³-hybridized carbons (Fsp3) is 0.154. The number of alkyl halides is 6. The van der Waals surface area contributed by atoms with Gasteiger partial charge >= 0.3 is 29.3 Å². The molecule has 0 aliphatic heterocycles. The summed E-state index contributed by atoms with van der Waals surface area (Å²) in [5.74, 6) is 0. The predicted molar refractivity (Wildman–Crippen MR) is 147 cm³/mol. The first-order chi connectivity index (χ1) is 20.6. The smallest absolute Gasteiger partial charge is 0.375 e. The van der Waals surface area contributed by atoms with E-state index in [1.807, 2.05) is 0 Å². The highest BCUT2D eigenvalue weighted by Gasteiger charge is 2.36. The van der Waals surface area contributed by atoms with Crippen molar-refractivity contribution in [1.29, 1.82) is 0 Å². The van der Waals surface area contributed by atoms with Gasteiger partial charge in [0.05, 0.1) is 9.85 Å². The van der Waals surface area contributed by atoms with Gasteiger partial charge in [-0.2, -0.15) is 26.3 Å². The Balaban J connectivity index is 0.000000240. The third-order valence-electron chi connectivity index (χ3n) is 5.57. The quantitative estimate of drug-likeness (QED) is 0.0788. The number of nitro groups is 2. The number of hydrogen-bond acceptors (Lipinski definition) is 8. The number of hydrogen-bond donors (Lipinski definition) is 3. The molecule has 0 aliphatic rings. The van der Waals surface area contributed by atoms with Crippen LogP contribution in [0.2, 0.25) is 5.15 Å². The summed E-state index contributed by atoms with van der Waals surface area (Å²) in [5.41, 5.74) is -5.06. The number of halogens is 7. The van der Waals surface area contributed by atoms with Crippen LogP contribution in [0.15, 0.2) is 77.6 Å². The highest BCUT2D eigenvalue weighted by Crippen LogP contribution is 2.37. The Morgan fingerprint density at radius 3 is 1.61 bits per heavy atom. The number of aromatic amines is 1. The molecule has 0 saturated heterocycles. The van der Waals surface area contributed by atoms with Gasteiger partial charge in [-0.05, 0) is 23.3 Å². The van der Waals surface area contributed by atoms with E-state index in [2.05, 4.69) is 15.6 Å². The molecule has 2 aromatic heterocycles. The number of anilines is 2. The first-order valence-corrected chi connectivity index (χ1v) is 12.4. The van der Waals surface area contributed by atoms with E-state index in [-0.39, 0.29) is 18.8 Å². The van der Waals surface area contributed by atoms with Crippen LogP contribution in [0.4, 0.5) is 49.1 Å². The highest BCUT2D eigenvalue weighted by atomic mass is 35.5. The molecular formula is C26H19ClF6N6O5. The molecule has 2 heterocycles. The summed E-state index contributed by atoms with van der Waals surface area (Å²) in [6, 6.07) is 18.4. The fourth-order valence-corrected chi connectivity index (χ4v) is 3.83. The zero-order valence-corrected chi connectivity index (χ0v) is 22.6.